The Kier molecular flexibility index (Phi) is 9.66. The molecule has 2 aromatic carbocycles. The van der Waals surface area contributed by atoms with Gasteiger partial charge >= 0.3 is 0 Å². The Balaban J connectivity index is 0.000000245. The van der Waals surface area contributed by atoms with Crippen LogP contribution in [0.5, 0.6) is 0 Å². The molecule has 3 heteroatoms. The van der Waals surface area contributed by atoms with E-state index in [1.54, 1.807) is 0 Å². The average molecular weight is 290 g/mol. The molecule has 0 fully saturated rings. The Morgan fingerprint density at radius 2 is 1.13 bits per heavy atom. The molecular formula is C12H11BrNaS. The molecule has 0 bridgehead atoms. The third-order valence-electron chi connectivity index (χ3n) is 1.49. The van der Waals surface area contributed by atoms with Gasteiger partial charge in [-0.25, -0.2) is 0 Å². The summed E-state index contributed by atoms with van der Waals surface area (Å²) in [7, 11) is 0. The second-order valence-electron chi connectivity index (χ2n) is 2.63. The molecule has 0 spiro atoms. The van der Waals surface area contributed by atoms with Crippen molar-refractivity contribution in [3.63, 3.8) is 0 Å². The van der Waals surface area contributed by atoms with Crippen LogP contribution in [0.1, 0.15) is 0 Å². The Labute approximate surface area is 127 Å². The molecule has 0 aliphatic carbocycles. The zero-order chi connectivity index (χ0) is 10.2. The van der Waals surface area contributed by atoms with Gasteiger partial charge in [-0.15, -0.1) is 12.6 Å². The summed E-state index contributed by atoms with van der Waals surface area (Å²) in [6.07, 6.45) is 0. The summed E-state index contributed by atoms with van der Waals surface area (Å²) in [6.45, 7) is 0. The minimum absolute atomic E-state index is 0. The first-order valence-electron chi connectivity index (χ1n) is 4.23. The van der Waals surface area contributed by atoms with Crippen LogP contribution in [-0.4, -0.2) is 29.6 Å². The summed E-state index contributed by atoms with van der Waals surface area (Å²) in [4.78, 5) is 1.02. The van der Waals surface area contributed by atoms with E-state index in [0.29, 0.717) is 0 Å². The first kappa shape index (κ1) is 15.3. The summed E-state index contributed by atoms with van der Waals surface area (Å²) in [5.41, 5.74) is 0. The van der Waals surface area contributed by atoms with Crippen LogP contribution in [0.3, 0.4) is 0 Å². The number of thiol groups is 1. The Bertz CT molecular complexity index is 313. The molecule has 1 radical (unpaired) electrons. The third-order valence-corrected chi connectivity index (χ3v) is 2.32. The van der Waals surface area contributed by atoms with Crippen LogP contribution in [0, 0.1) is 0 Å². The Morgan fingerprint density at radius 1 is 0.733 bits per heavy atom. The molecule has 73 valence electrons. The van der Waals surface area contributed by atoms with Gasteiger partial charge in [0.2, 0.25) is 0 Å². The Hall–Kier alpha value is 0.270. The van der Waals surface area contributed by atoms with Gasteiger partial charge in [0.25, 0.3) is 0 Å². The van der Waals surface area contributed by atoms with E-state index in [1.165, 1.54) is 0 Å². The second kappa shape index (κ2) is 9.49. The van der Waals surface area contributed by atoms with Crippen LogP contribution in [0.2, 0.25) is 0 Å². The van der Waals surface area contributed by atoms with Gasteiger partial charge in [0.1, 0.15) is 0 Å². The van der Waals surface area contributed by atoms with Gasteiger partial charge in [0.05, 0.1) is 0 Å². The van der Waals surface area contributed by atoms with Crippen molar-refractivity contribution in [1.29, 1.82) is 0 Å². The first-order valence-corrected chi connectivity index (χ1v) is 5.47. The quantitative estimate of drug-likeness (QED) is 0.549. The largest absolute Gasteiger partial charge is 0.143 e. The number of halogens is 1. The van der Waals surface area contributed by atoms with Gasteiger partial charge in [0.15, 0.2) is 0 Å². The fraction of sp³-hybridized carbons (Fsp3) is 0. The molecule has 0 saturated heterocycles. The van der Waals surface area contributed by atoms with Crippen LogP contribution in [-0.2, 0) is 0 Å². The van der Waals surface area contributed by atoms with E-state index >= 15 is 0 Å². The maximum absolute atomic E-state index is 4.08. The van der Waals surface area contributed by atoms with Crippen molar-refractivity contribution < 1.29 is 0 Å². The van der Waals surface area contributed by atoms with Gasteiger partial charge < -0.3 is 0 Å². The third kappa shape index (κ3) is 8.12. The van der Waals surface area contributed by atoms with Crippen molar-refractivity contribution in [3.8, 4) is 0 Å². The van der Waals surface area contributed by atoms with Crippen molar-refractivity contribution in [2.45, 2.75) is 4.90 Å². The van der Waals surface area contributed by atoms with Gasteiger partial charge in [-0.1, -0.05) is 52.3 Å². The summed E-state index contributed by atoms with van der Waals surface area (Å²) in [6, 6.07) is 19.8. The van der Waals surface area contributed by atoms with Crippen LogP contribution >= 0.6 is 28.6 Å². The molecule has 0 nitrogen and oxygen atoms in total. The fourth-order valence-electron chi connectivity index (χ4n) is 0.843. The monoisotopic (exact) mass is 289 g/mol. The van der Waals surface area contributed by atoms with E-state index in [0.717, 1.165) is 9.37 Å². The first-order chi connectivity index (χ1) is 6.79. The van der Waals surface area contributed by atoms with Crippen molar-refractivity contribution in [2.75, 3.05) is 0 Å². The van der Waals surface area contributed by atoms with Crippen molar-refractivity contribution in [3.05, 3.63) is 65.1 Å². The molecular weight excluding hydrogens is 279 g/mol. The summed E-state index contributed by atoms with van der Waals surface area (Å²) >= 11 is 7.40. The van der Waals surface area contributed by atoms with E-state index < -0.39 is 0 Å². The summed E-state index contributed by atoms with van der Waals surface area (Å²) in [5, 5.41) is 0. The van der Waals surface area contributed by atoms with Crippen LogP contribution in [0.25, 0.3) is 0 Å². The van der Waals surface area contributed by atoms with Gasteiger partial charge in [-0.05, 0) is 24.3 Å². The SMILES string of the molecule is Brc1ccccc1.Sc1ccccc1.[Na]. The van der Waals surface area contributed by atoms with Crippen LogP contribution < -0.4 is 0 Å². The Morgan fingerprint density at radius 3 is 1.33 bits per heavy atom. The van der Waals surface area contributed by atoms with E-state index in [1.807, 2.05) is 60.7 Å². The maximum Gasteiger partial charge on any atom is 0.0175 e. The number of hydrogen-bond acceptors (Lipinski definition) is 1. The number of hydrogen-bond donors (Lipinski definition) is 1. The van der Waals surface area contributed by atoms with Crippen molar-refractivity contribution in [1.82, 2.24) is 0 Å². The topological polar surface area (TPSA) is 0 Å². The average Bonchev–Trinajstić information content (AvgIpc) is 2.21. The van der Waals surface area contributed by atoms with Crippen molar-refractivity contribution >= 4 is 58.1 Å². The summed E-state index contributed by atoms with van der Waals surface area (Å²) < 4.78 is 1.13. The smallest absolute Gasteiger partial charge is 0.0175 e. The zero-order valence-electron chi connectivity index (χ0n) is 8.60. The molecule has 0 aliphatic heterocycles. The second-order valence-corrected chi connectivity index (χ2v) is 4.06. The van der Waals surface area contributed by atoms with Crippen LogP contribution in [0.4, 0.5) is 0 Å². The molecule has 0 unspecified atom stereocenters. The standard InChI is InChI=1S/C6H5Br.C6H6S.Na/c2*7-6-4-2-1-3-5-6;/h1-5H;1-5,7H;. The molecule has 0 N–H and O–H groups in total. The van der Waals surface area contributed by atoms with Gasteiger partial charge in [-0.2, -0.15) is 0 Å². The normalized spacial score (nSPS) is 8.13. The van der Waals surface area contributed by atoms with Gasteiger partial charge in [0, 0.05) is 38.9 Å². The molecule has 0 heterocycles. The fourth-order valence-corrected chi connectivity index (χ4v) is 1.32. The van der Waals surface area contributed by atoms with Crippen molar-refractivity contribution in [2.24, 2.45) is 0 Å². The minimum atomic E-state index is 0. The van der Waals surface area contributed by atoms with E-state index in [4.69, 9.17) is 0 Å². The predicted molar refractivity (Wildman–Crippen MR) is 73.6 cm³/mol. The van der Waals surface area contributed by atoms with E-state index in [2.05, 4.69) is 28.6 Å². The maximum atomic E-state index is 4.08. The molecule has 2 rings (SSSR count). The number of benzene rings is 2. The van der Waals surface area contributed by atoms with Gasteiger partial charge in [-0.3, -0.25) is 0 Å². The molecule has 15 heavy (non-hydrogen) atoms. The van der Waals surface area contributed by atoms with Crippen LogP contribution in [0.15, 0.2) is 70.0 Å². The molecule has 0 aromatic heterocycles. The molecule has 2 aromatic rings. The number of rotatable bonds is 0. The minimum Gasteiger partial charge on any atom is -0.143 e. The van der Waals surface area contributed by atoms with E-state index in [-0.39, 0.29) is 29.6 Å². The predicted octanol–water partition coefficient (Wildman–Crippen LogP) is 4.04. The summed E-state index contributed by atoms with van der Waals surface area (Å²) in [5.74, 6) is 0. The zero-order valence-corrected chi connectivity index (χ0v) is 13.1. The molecule has 0 amide bonds. The van der Waals surface area contributed by atoms with E-state index in [9.17, 15) is 0 Å². The molecule has 0 saturated carbocycles. The molecule has 0 atom stereocenters. The molecule has 0 aliphatic rings.